The Kier molecular flexibility index (Phi) is 4.55. The van der Waals surface area contributed by atoms with Gasteiger partial charge in [0.2, 0.25) is 0 Å². The number of hydrogen-bond acceptors (Lipinski definition) is 3. The molecule has 0 bridgehead atoms. The van der Waals surface area contributed by atoms with Gasteiger partial charge in [0.05, 0.1) is 27.8 Å². The largest absolute Gasteiger partial charge is 0.456 e. The Balaban J connectivity index is 1.26. The number of nitrogens with zero attached hydrogens (tertiary/aromatic N) is 3. The summed E-state index contributed by atoms with van der Waals surface area (Å²) in [6.07, 6.45) is 0. The van der Waals surface area contributed by atoms with E-state index in [1.54, 1.807) is 0 Å². The van der Waals surface area contributed by atoms with Gasteiger partial charge in [-0.25, -0.2) is 9.97 Å². The zero-order chi connectivity index (χ0) is 29.9. The molecule has 4 heteroatoms. The van der Waals surface area contributed by atoms with Crippen molar-refractivity contribution >= 4 is 81.7 Å². The lowest BCUT2D eigenvalue weighted by atomic mass is 9.95. The third-order valence-corrected chi connectivity index (χ3v) is 9.75. The smallest absolute Gasteiger partial charge is 0.161 e. The second-order valence-electron chi connectivity index (χ2n) is 12.1. The number of benzene rings is 7. The quantitative estimate of drug-likeness (QED) is 0.150. The lowest BCUT2D eigenvalue weighted by molar-refractivity contribution is 0.669. The Bertz CT molecular complexity index is 3040. The maximum Gasteiger partial charge on any atom is 0.161 e. The van der Waals surface area contributed by atoms with E-state index in [0.29, 0.717) is 5.82 Å². The van der Waals surface area contributed by atoms with Crippen LogP contribution < -0.4 is 0 Å². The van der Waals surface area contributed by atoms with Crippen molar-refractivity contribution in [2.75, 3.05) is 0 Å². The van der Waals surface area contributed by atoms with E-state index in [0.717, 1.165) is 55.0 Å². The summed E-state index contributed by atoms with van der Waals surface area (Å²) in [6, 6.07) is 49.3. The second kappa shape index (κ2) is 8.68. The standard InChI is InChI=1S/C42H23N3O/c1-4-18-33-30(11-1)40(32-17-9-21-37-39(32)31-12-3-6-20-36(31)46-37)44-42(43-33)29-22-23-35-38-25(13-7-14-26(29)38)28-16-8-15-27-24-10-2-5-19-34(24)45(35)41(27)28/h1-23H. The van der Waals surface area contributed by atoms with E-state index in [9.17, 15) is 0 Å². The molecule has 11 rings (SSSR count). The van der Waals surface area contributed by atoms with Crippen molar-refractivity contribution in [2.45, 2.75) is 0 Å². The number of aromatic nitrogens is 3. The predicted molar refractivity (Wildman–Crippen MR) is 190 cm³/mol. The van der Waals surface area contributed by atoms with E-state index in [4.69, 9.17) is 14.4 Å². The van der Waals surface area contributed by atoms with Gasteiger partial charge in [-0.05, 0) is 47.2 Å². The van der Waals surface area contributed by atoms with Crippen LogP contribution in [-0.4, -0.2) is 14.4 Å². The van der Waals surface area contributed by atoms with Crippen molar-refractivity contribution in [3.8, 4) is 22.6 Å². The Labute approximate surface area is 262 Å². The molecule has 0 atom stereocenters. The van der Waals surface area contributed by atoms with E-state index < -0.39 is 0 Å². The second-order valence-corrected chi connectivity index (χ2v) is 12.1. The van der Waals surface area contributed by atoms with Crippen molar-refractivity contribution in [3.05, 3.63) is 140 Å². The van der Waals surface area contributed by atoms with E-state index in [-0.39, 0.29) is 0 Å². The third-order valence-electron chi connectivity index (χ3n) is 9.75. The van der Waals surface area contributed by atoms with Gasteiger partial charge in [0, 0.05) is 48.8 Å². The molecule has 4 aromatic heterocycles. The van der Waals surface area contributed by atoms with Crippen molar-refractivity contribution in [2.24, 2.45) is 0 Å². The fourth-order valence-electron chi connectivity index (χ4n) is 7.85. The number of fused-ring (bicyclic) bond motifs is 9. The van der Waals surface area contributed by atoms with Crippen LogP contribution in [0.2, 0.25) is 0 Å². The fourth-order valence-corrected chi connectivity index (χ4v) is 7.85. The SMILES string of the molecule is c1ccc2c(-c3cccc4oc5ccccc5c34)nc(-c3ccc4c5c3cccc5c3cccc5c6ccccc6n4c35)nc2c1. The van der Waals surface area contributed by atoms with Crippen LogP contribution in [0.25, 0.3) is 104 Å². The number of pyridine rings is 1. The number of rotatable bonds is 2. The van der Waals surface area contributed by atoms with Crippen LogP contribution in [0.5, 0.6) is 0 Å². The van der Waals surface area contributed by atoms with Crippen molar-refractivity contribution in [3.63, 3.8) is 0 Å². The lowest BCUT2D eigenvalue weighted by Crippen LogP contribution is -1.98. The molecule has 11 aromatic rings. The number of furan rings is 1. The van der Waals surface area contributed by atoms with Crippen LogP contribution in [-0.2, 0) is 0 Å². The van der Waals surface area contributed by atoms with Crippen LogP contribution in [0.1, 0.15) is 0 Å². The topological polar surface area (TPSA) is 43.3 Å². The molecule has 4 heterocycles. The molecule has 0 fully saturated rings. The van der Waals surface area contributed by atoms with Crippen molar-refractivity contribution in [1.29, 1.82) is 0 Å². The van der Waals surface area contributed by atoms with E-state index in [2.05, 4.69) is 120 Å². The molecule has 0 unspecified atom stereocenters. The Hall–Kier alpha value is -6.26. The normalized spacial score (nSPS) is 12.3. The van der Waals surface area contributed by atoms with Gasteiger partial charge in [0.15, 0.2) is 5.82 Å². The first kappa shape index (κ1) is 24.1. The molecule has 212 valence electrons. The Morgan fingerprint density at radius 3 is 2.00 bits per heavy atom. The predicted octanol–water partition coefficient (Wildman–Crippen LogP) is 11.2. The number of para-hydroxylation sites is 4. The molecule has 46 heavy (non-hydrogen) atoms. The highest BCUT2D eigenvalue weighted by Crippen LogP contribution is 2.44. The summed E-state index contributed by atoms with van der Waals surface area (Å²) in [5, 5.41) is 10.6. The summed E-state index contributed by atoms with van der Waals surface area (Å²) < 4.78 is 8.72. The molecule has 0 aliphatic heterocycles. The molecule has 0 amide bonds. The minimum Gasteiger partial charge on any atom is -0.456 e. The minimum absolute atomic E-state index is 0.712. The van der Waals surface area contributed by atoms with E-state index in [1.165, 1.54) is 43.5 Å². The van der Waals surface area contributed by atoms with Crippen LogP contribution in [0.3, 0.4) is 0 Å². The lowest BCUT2D eigenvalue weighted by Gasteiger charge is -2.16. The highest BCUT2D eigenvalue weighted by Gasteiger charge is 2.21. The highest BCUT2D eigenvalue weighted by atomic mass is 16.3. The summed E-state index contributed by atoms with van der Waals surface area (Å²) in [7, 11) is 0. The van der Waals surface area contributed by atoms with Gasteiger partial charge in [-0.2, -0.15) is 0 Å². The van der Waals surface area contributed by atoms with E-state index in [1.807, 2.05) is 24.3 Å². The molecule has 0 aliphatic carbocycles. The Morgan fingerprint density at radius 2 is 1.09 bits per heavy atom. The summed E-state index contributed by atoms with van der Waals surface area (Å²) >= 11 is 0. The molecule has 0 spiro atoms. The van der Waals surface area contributed by atoms with Crippen LogP contribution in [0.15, 0.2) is 144 Å². The molecular weight excluding hydrogens is 562 g/mol. The first-order chi connectivity index (χ1) is 22.8. The third kappa shape index (κ3) is 3.03. The zero-order valence-corrected chi connectivity index (χ0v) is 24.5. The Morgan fingerprint density at radius 1 is 0.413 bits per heavy atom. The van der Waals surface area contributed by atoms with Gasteiger partial charge in [0.1, 0.15) is 11.2 Å². The molecule has 7 aromatic carbocycles. The average Bonchev–Trinajstić information content (AvgIpc) is 3.67. The molecule has 0 saturated carbocycles. The highest BCUT2D eigenvalue weighted by molar-refractivity contribution is 6.28. The first-order valence-electron chi connectivity index (χ1n) is 15.6. The maximum absolute atomic E-state index is 6.27. The summed E-state index contributed by atoms with van der Waals surface area (Å²) in [6.45, 7) is 0. The summed E-state index contributed by atoms with van der Waals surface area (Å²) in [4.78, 5) is 10.6. The molecule has 0 saturated heterocycles. The first-order valence-corrected chi connectivity index (χ1v) is 15.6. The maximum atomic E-state index is 6.27. The van der Waals surface area contributed by atoms with Gasteiger partial charge < -0.3 is 8.82 Å². The monoisotopic (exact) mass is 585 g/mol. The van der Waals surface area contributed by atoms with E-state index >= 15 is 0 Å². The van der Waals surface area contributed by atoms with Gasteiger partial charge in [-0.1, -0.05) is 103 Å². The van der Waals surface area contributed by atoms with Crippen molar-refractivity contribution < 1.29 is 4.42 Å². The van der Waals surface area contributed by atoms with Gasteiger partial charge in [-0.3, -0.25) is 0 Å². The summed E-state index contributed by atoms with van der Waals surface area (Å²) in [5.74, 6) is 0.712. The zero-order valence-electron chi connectivity index (χ0n) is 24.5. The average molecular weight is 586 g/mol. The minimum atomic E-state index is 0.712. The summed E-state index contributed by atoms with van der Waals surface area (Å²) in [5.41, 5.74) is 9.28. The van der Waals surface area contributed by atoms with Crippen LogP contribution in [0, 0.1) is 0 Å². The molecule has 0 radical (unpaired) electrons. The molecule has 0 N–H and O–H groups in total. The molecule has 0 aliphatic rings. The van der Waals surface area contributed by atoms with Gasteiger partial charge >= 0.3 is 0 Å². The number of hydrogen-bond donors (Lipinski definition) is 0. The van der Waals surface area contributed by atoms with Crippen LogP contribution >= 0.6 is 0 Å². The van der Waals surface area contributed by atoms with Crippen molar-refractivity contribution in [1.82, 2.24) is 14.4 Å². The molecule has 4 nitrogen and oxygen atoms in total. The van der Waals surface area contributed by atoms with Gasteiger partial charge in [0.25, 0.3) is 0 Å². The van der Waals surface area contributed by atoms with Gasteiger partial charge in [-0.15, -0.1) is 0 Å². The molecular formula is C42H23N3O. The fraction of sp³-hybridized carbons (Fsp3) is 0. The van der Waals surface area contributed by atoms with Crippen LogP contribution in [0.4, 0.5) is 0 Å².